The van der Waals surface area contributed by atoms with Gasteiger partial charge in [0.25, 0.3) is 12.3 Å². The van der Waals surface area contributed by atoms with Crippen LogP contribution in [0.3, 0.4) is 0 Å². The van der Waals surface area contributed by atoms with E-state index in [0.717, 1.165) is 88.5 Å². The molecule has 2 saturated carbocycles. The van der Waals surface area contributed by atoms with Crippen molar-refractivity contribution in [2.24, 2.45) is 18.9 Å². The van der Waals surface area contributed by atoms with Crippen molar-refractivity contribution < 1.29 is 32.3 Å². The molecule has 0 radical (unpaired) electrons. The van der Waals surface area contributed by atoms with Crippen molar-refractivity contribution in [2.45, 2.75) is 102 Å². The number of nitrogens with one attached hydrogen (secondary N) is 3. The highest BCUT2D eigenvalue weighted by molar-refractivity contribution is 6.03. The lowest BCUT2D eigenvalue weighted by molar-refractivity contribution is -0.135. The molecule has 1 atom stereocenters. The van der Waals surface area contributed by atoms with Crippen molar-refractivity contribution in [1.29, 1.82) is 0 Å². The molecule has 64 heavy (non-hydrogen) atoms. The number of ether oxygens (including phenoxy) is 1. The van der Waals surface area contributed by atoms with Crippen molar-refractivity contribution in [3.8, 4) is 11.5 Å². The largest absolute Gasteiger partial charge is 0.444 e. The van der Waals surface area contributed by atoms with Crippen LogP contribution in [-0.4, -0.2) is 91.4 Å². The van der Waals surface area contributed by atoms with Crippen molar-refractivity contribution in [3.05, 3.63) is 76.4 Å². The molecule has 342 valence electrons. The number of nitrogens with zero attached hydrogens (tertiary/aromatic N) is 7. The molecule has 1 unspecified atom stereocenters. The number of carbonyl (C=O) groups is 3. The fraction of sp³-hybridized carbons (Fsp3) is 0.543. The Balaban J connectivity index is 0.720. The maximum absolute atomic E-state index is 14.1. The number of imidazole rings is 1. The van der Waals surface area contributed by atoms with E-state index in [1.165, 1.54) is 29.9 Å². The summed E-state index contributed by atoms with van der Waals surface area (Å²) in [5, 5.41) is 12.5. The van der Waals surface area contributed by atoms with Gasteiger partial charge in [0.15, 0.2) is 11.4 Å². The molecular weight excluding hydrogens is 827 g/mol. The molecule has 3 fully saturated rings. The number of rotatable bonds is 21. The molecule has 1 aromatic carbocycles. The van der Waals surface area contributed by atoms with Crippen molar-refractivity contribution >= 4 is 40.3 Å². The first-order valence-corrected chi connectivity index (χ1v) is 22.7. The van der Waals surface area contributed by atoms with E-state index in [9.17, 15) is 28.0 Å². The Hall–Kier alpha value is -5.75. The van der Waals surface area contributed by atoms with Crippen LogP contribution >= 0.6 is 0 Å². The maximum atomic E-state index is 14.1. The molecule has 3 N–H and O–H groups in total. The number of hydrogen-bond donors (Lipinski definition) is 3. The van der Waals surface area contributed by atoms with Gasteiger partial charge in [0.1, 0.15) is 18.1 Å². The Morgan fingerprint density at radius 2 is 1.80 bits per heavy atom. The molecule has 5 aromatic rings. The number of halogens is 2. The summed E-state index contributed by atoms with van der Waals surface area (Å²) in [5.41, 5.74) is 2.43. The summed E-state index contributed by atoms with van der Waals surface area (Å²) in [4.78, 5) is 61.6. The average molecular weight is 885 g/mol. The summed E-state index contributed by atoms with van der Waals surface area (Å²) in [6.07, 6.45) is 12.5. The number of benzene rings is 1. The third kappa shape index (κ3) is 10.8. The van der Waals surface area contributed by atoms with Gasteiger partial charge in [-0.15, -0.1) is 0 Å². The lowest BCUT2D eigenvalue weighted by Crippen LogP contribution is -2.44. The summed E-state index contributed by atoms with van der Waals surface area (Å²) >= 11 is 0. The molecule has 5 heterocycles. The fourth-order valence-electron chi connectivity index (χ4n) is 9.06. The topological polar surface area (TPSA) is 183 Å². The molecule has 0 spiro atoms. The number of oxazole rings is 1. The van der Waals surface area contributed by atoms with Crippen molar-refractivity contribution in [3.63, 3.8) is 0 Å². The van der Waals surface area contributed by atoms with Gasteiger partial charge in [-0.1, -0.05) is 12.1 Å². The Morgan fingerprint density at radius 1 is 1.02 bits per heavy atom. The van der Waals surface area contributed by atoms with E-state index < -0.39 is 30.0 Å². The molecule has 3 amide bonds. The second kappa shape index (κ2) is 20.4. The van der Waals surface area contributed by atoms with Crippen LogP contribution in [0.5, 0.6) is 0 Å². The molecule has 3 aliphatic rings. The third-order valence-corrected chi connectivity index (χ3v) is 12.8. The van der Waals surface area contributed by atoms with Gasteiger partial charge in [-0.25, -0.2) is 23.5 Å². The van der Waals surface area contributed by atoms with Crippen LogP contribution in [0, 0.1) is 11.8 Å². The quantitative estimate of drug-likeness (QED) is 0.0507. The SMILES string of the molecule is CN(CCCCOCCCCc1cccc2c1n(C)c(=O)n2C1CCC(=O)NC1=O)CC1CCC(n2cc(NC(=O)c3coc(-c4ccnc(NCC5CC5)c4)n3)c(C(F)F)n2)CC1. The van der Waals surface area contributed by atoms with E-state index in [-0.39, 0.29) is 41.3 Å². The Morgan fingerprint density at radius 3 is 2.56 bits per heavy atom. The molecule has 4 aromatic heterocycles. The second-order valence-electron chi connectivity index (χ2n) is 17.6. The van der Waals surface area contributed by atoms with Crippen LogP contribution in [0.4, 0.5) is 20.3 Å². The first-order valence-electron chi connectivity index (χ1n) is 22.7. The first kappa shape index (κ1) is 44.8. The predicted molar refractivity (Wildman–Crippen MR) is 236 cm³/mol. The van der Waals surface area contributed by atoms with Gasteiger partial charge < -0.3 is 24.7 Å². The van der Waals surface area contributed by atoms with E-state index in [1.807, 2.05) is 18.2 Å². The zero-order chi connectivity index (χ0) is 44.7. The standard InChI is InChI=1S/C46H58F2N10O6/c1-55(21-4-6-23-63-22-5-3-8-31-9-7-10-36-41(31)56(2)46(62)58(36)37-17-18-39(59)53-44(37)61)26-30-13-15-33(16-14-30)57-27-34(40(54-57)42(47)48)51-43(60)35-28-64-45(52-35)32-19-20-49-38(24-32)50-25-29-11-12-29/h7,9-10,19-20,24,27-30,33,37,42H,3-6,8,11-18,21-23,25-26H2,1-2H3,(H,49,50)(H,51,60)(H,53,59,61). The number of aromatic nitrogens is 6. The van der Waals surface area contributed by atoms with E-state index in [2.05, 4.69) is 43.0 Å². The average Bonchev–Trinajstić information content (AvgIpc) is 3.69. The molecule has 16 nitrogen and oxygen atoms in total. The monoisotopic (exact) mass is 884 g/mol. The number of amides is 3. The lowest BCUT2D eigenvalue weighted by atomic mass is 9.86. The number of para-hydroxylation sites is 1. The minimum atomic E-state index is -2.86. The number of hydrogen-bond acceptors (Lipinski definition) is 11. The van der Waals surface area contributed by atoms with Gasteiger partial charge in [-0.3, -0.25) is 33.5 Å². The molecular formula is C46H58F2N10O6. The van der Waals surface area contributed by atoms with Crippen LogP contribution < -0.4 is 21.6 Å². The van der Waals surface area contributed by atoms with Crippen LogP contribution in [0.2, 0.25) is 0 Å². The summed E-state index contributed by atoms with van der Waals surface area (Å²) in [6.45, 7) is 4.11. The summed E-state index contributed by atoms with van der Waals surface area (Å²) in [5.74, 6) is 0.688. The maximum Gasteiger partial charge on any atom is 0.329 e. The van der Waals surface area contributed by atoms with Gasteiger partial charge in [-0.05, 0) is 126 Å². The number of anilines is 2. The molecule has 0 bridgehead atoms. The number of carbonyl (C=O) groups excluding carboxylic acids is 3. The number of aryl methyl sites for hydroxylation is 2. The number of alkyl halides is 2. The van der Waals surface area contributed by atoms with E-state index in [4.69, 9.17) is 9.15 Å². The first-order chi connectivity index (χ1) is 31.0. The van der Waals surface area contributed by atoms with Crippen LogP contribution in [0.25, 0.3) is 22.5 Å². The van der Waals surface area contributed by atoms with Gasteiger partial charge in [0.2, 0.25) is 17.7 Å². The number of fused-ring (bicyclic) bond motifs is 1. The van der Waals surface area contributed by atoms with Crippen LogP contribution in [0.15, 0.2) is 58.2 Å². The summed E-state index contributed by atoms with van der Waals surface area (Å²) in [6, 6.07) is 8.59. The second-order valence-corrected chi connectivity index (χ2v) is 17.6. The van der Waals surface area contributed by atoms with Gasteiger partial charge in [-0.2, -0.15) is 5.10 Å². The van der Waals surface area contributed by atoms with Crippen molar-refractivity contribution in [2.75, 3.05) is 50.5 Å². The number of unbranched alkanes of at least 4 members (excludes halogenated alkanes) is 2. The van der Waals surface area contributed by atoms with Crippen LogP contribution in [0.1, 0.15) is 117 Å². The fourth-order valence-corrected chi connectivity index (χ4v) is 9.06. The Labute approximate surface area is 370 Å². The highest BCUT2D eigenvalue weighted by Crippen LogP contribution is 2.36. The summed E-state index contributed by atoms with van der Waals surface area (Å²) < 4.78 is 44.5. The number of pyridine rings is 1. The molecule has 1 aliphatic heterocycles. The van der Waals surface area contributed by atoms with E-state index in [1.54, 1.807) is 34.6 Å². The summed E-state index contributed by atoms with van der Waals surface area (Å²) in [7, 11) is 3.86. The molecule has 8 rings (SSSR count). The zero-order valence-corrected chi connectivity index (χ0v) is 36.6. The molecule has 1 saturated heterocycles. The Kier molecular flexibility index (Phi) is 14.3. The lowest BCUT2D eigenvalue weighted by Gasteiger charge is -2.31. The van der Waals surface area contributed by atoms with E-state index in [0.29, 0.717) is 48.4 Å². The van der Waals surface area contributed by atoms with Gasteiger partial charge >= 0.3 is 5.69 Å². The highest BCUT2D eigenvalue weighted by atomic mass is 19.3. The third-order valence-electron chi connectivity index (χ3n) is 12.8. The van der Waals surface area contributed by atoms with Gasteiger partial charge in [0, 0.05) is 57.7 Å². The normalized spacial score (nSPS) is 19.2. The van der Waals surface area contributed by atoms with Crippen LogP contribution in [-0.2, 0) is 27.8 Å². The minimum Gasteiger partial charge on any atom is -0.444 e. The Bertz CT molecular complexity index is 2480. The smallest absolute Gasteiger partial charge is 0.329 e. The zero-order valence-electron chi connectivity index (χ0n) is 36.6. The molecule has 18 heteroatoms. The predicted octanol–water partition coefficient (Wildman–Crippen LogP) is 7.06. The highest BCUT2D eigenvalue weighted by Gasteiger charge is 2.32. The van der Waals surface area contributed by atoms with Crippen molar-refractivity contribution in [1.82, 2.24) is 39.1 Å². The van der Waals surface area contributed by atoms with Gasteiger partial charge in [0.05, 0.1) is 22.8 Å². The number of piperidine rings is 1. The molecule has 2 aliphatic carbocycles. The number of imide groups is 1. The minimum absolute atomic E-state index is 0.0268. The van der Waals surface area contributed by atoms with E-state index >= 15 is 0 Å².